The first kappa shape index (κ1) is 13.7. The van der Waals surface area contributed by atoms with Crippen LogP contribution >= 0.6 is 11.6 Å². The molecule has 0 saturated carbocycles. The zero-order valence-electron chi connectivity index (χ0n) is 12.5. The molecule has 3 rings (SSSR count). The number of unbranched alkanes of at least 4 members (excludes halogenated alkanes) is 1. The molecular weight excluding hydrogens is 264 g/mol. The third-order valence-electron chi connectivity index (χ3n) is 4.65. The van der Waals surface area contributed by atoms with Crippen LogP contribution in [0, 0.1) is 13.8 Å². The van der Waals surface area contributed by atoms with Crippen molar-refractivity contribution in [1.82, 2.24) is 0 Å². The summed E-state index contributed by atoms with van der Waals surface area (Å²) in [6.07, 6.45) is 4.63. The Hall–Kier alpha value is -1.27. The Bertz CT molecular complexity index is 668. The Labute approximate surface area is 126 Å². The van der Waals surface area contributed by atoms with Crippen LogP contribution in [-0.4, -0.2) is 0 Å². The Morgan fingerprint density at radius 1 is 1.10 bits per heavy atom. The van der Waals surface area contributed by atoms with Gasteiger partial charge < -0.3 is 0 Å². The van der Waals surface area contributed by atoms with Crippen molar-refractivity contribution < 1.29 is 0 Å². The molecular formula is C19H21Cl. The van der Waals surface area contributed by atoms with Crippen LogP contribution in [0.5, 0.6) is 0 Å². The molecule has 0 aliphatic heterocycles. The smallest absolute Gasteiger partial charge is 0.0479 e. The van der Waals surface area contributed by atoms with Crippen LogP contribution < -0.4 is 0 Å². The molecule has 0 radical (unpaired) electrons. The van der Waals surface area contributed by atoms with E-state index in [-0.39, 0.29) is 0 Å². The summed E-state index contributed by atoms with van der Waals surface area (Å²) >= 11 is 6.64. The summed E-state index contributed by atoms with van der Waals surface area (Å²) in [5, 5.41) is 0.981. The van der Waals surface area contributed by atoms with Crippen molar-refractivity contribution in [2.45, 2.75) is 46.5 Å². The second-order valence-corrected chi connectivity index (χ2v) is 6.21. The molecule has 2 aromatic carbocycles. The number of halogens is 1. The first-order valence-electron chi connectivity index (χ1n) is 7.53. The van der Waals surface area contributed by atoms with Gasteiger partial charge in [-0.15, -0.1) is 0 Å². The minimum atomic E-state index is 0.981. The van der Waals surface area contributed by atoms with E-state index >= 15 is 0 Å². The number of hydrogen-bond acceptors (Lipinski definition) is 0. The highest BCUT2D eigenvalue weighted by Crippen LogP contribution is 2.45. The molecule has 1 aliphatic rings. The van der Waals surface area contributed by atoms with Crippen molar-refractivity contribution in [3.05, 3.63) is 57.1 Å². The second-order valence-electron chi connectivity index (χ2n) is 5.83. The molecule has 104 valence electrons. The van der Waals surface area contributed by atoms with Crippen molar-refractivity contribution in [3.63, 3.8) is 0 Å². The summed E-state index contributed by atoms with van der Waals surface area (Å²) in [7, 11) is 0. The van der Waals surface area contributed by atoms with Gasteiger partial charge in [-0.25, -0.2) is 0 Å². The highest BCUT2D eigenvalue weighted by molar-refractivity contribution is 6.33. The molecule has 0 unspecified atom stereocenters. The van der Waals surface area contributed by atoms with Crippen molar-refractivity contribution in [2.75, 3.05) is 0 Å². The molecule has 2 aromatic rings. The lowest BCUT2D eigenvalue weighted by Crippen LogP contribution is -2.00. The molecule has 0 amide bonds. The second kappa shape index (κ2) is 5.26. The van der Waals surface area contributed by atoms with Crippen molar-refractivity contribution in [3.8, 4) is 11.1 Å². The van der Waals surface area contributed by atoms with E-state index in [9.17, 15) is 0 Å². The number of fused-ring (bicyclic) bond motifs is 3. The number of hydrogen-bond donors (Lipinski definition) is 0. The fourth-order valence-corrected chi connectivity index (χ4v) is 3.67. The van der Waals surface area contributed by atoms with E-state index in [2.05, 4.69) is 45.0 Å². The molecule has 0 heterocycles. The predicted molar refractivity (Wildman–Crippen MR) is 87.8 cm³/mol. The van der Waals surface area contributed by atoms with Gasteiger partial charge in [-0.1, -0.05) is 49.2 Å². The third kappa shape index (κ3) is 1.98. The van der Waals surface area contributed by atoms with E-state index in [0.717, 1.165) is 17.9 Å². The van der Waals surface area contributed by atoms with Crippen LogP contribution in [0.2, 0.25) is 5.02 Å². The predicted octanol–water partition coefficient (Wildman–Crippen LogP) is 5.87. The quantitative estimate of drug-likeness (QED) is 0.564. The summed E-state index contributed by atoms with van der Waals surface area (Å²) in [6, 6.07) is 8.76. The molecule has 0 bridgehead atoms. The third-order valence-corrected chi connectivity index (χ3v) is 5.16. The monoisotopic (exact) mass is 284 g/mol. The van der Waals surface area contributed by atoms with Crippen molar-refractivity contribution in [1.29, 1.82) is 0 Å². The van der Waals surface area contributed by atoms with Crippen LogP contribution in [0.1, 0.15) is 47.6 Å². The lowest BCUT2D eigenvalue weighted by Gasteiger charge is -2.17. The Kier molecular flexibility index (Phi) is 3.60. The van der Waals surface area contributed by atoms with E-state index in [1.165, 1.54) is 51.8 Å². The molecule has 0 aromatic heterocycles. The van der Waals surface area contributed by atoms with Crippen LogP contribution in [0.15, 0.2) is 24.3 Å². The maximum atomic E-state index is 6.64. The SMILES string of the molecule is CCCCc1c(C)c(C)c(Cl)c2c1-c1ccccc1C2. The first-order valence-corrected chi connectivity index (χ1v) is 7.91. The summed E-state index contributed by atoms with van der Waals surface area (Å²) < 4.78 is 0. The average molecular weight is 285 g/mol. The minimum absolute atomic E-state index is 0.981. The van der Waals surface area contributed by atoms with E-state index in [1.807, 2.05) is 0 Å². The molecule has 1 aliphatic carbocycles. The minimum Gasteiger partial charge on any atom is -0.0837 e. The zero-order chi connectivity index (χ0) is 14.3. The van der Waals surface area contributed by atoms with Gasteiger partial charge in [0, 0.05) is 11.4 Å². The van der Waals surface area contributed by atoms with Gasteiger partial charge in [0.2, 0.25) is 0 Å². The molecule has 0 N–H and O–H groups in total. The van der Waals surface area contributed by atoms with Gasteiger partial charge in [0.15, 0.2) is 0 Å². The maximum absolute atomic E-state index is 6.64. The summed E-state index contributed by atoms with van der Waals surface area (Å²) in [6.45, 7) is 6.65. The average Bonchev–Trinajstić information content (AvgIpc) is 2.85. The van der Waals surface area contributed by atoms with Gasteiger partial charge in [-0.05, 0) is 65.6 Å². The summed E-state index contributed by atoms with van der Waals surface area (Å²) in [4.78, 5) is 0. The summed E-state index contributed by atoms with van der Waals surface area (Å²) in [5.74, 6) is 0. The Morgan fingerprint density at radius 2 is 1.85 bits per heavy atom. The van der Waals surface area contributed by atoms with Gasteiger partial charge in [-0.3, -0.25) is 0 Å². The zero-order valence-corrected chi connectivity index (χ0v) is 13.3. The standard InChI is InChI=1S/C19H21Cl/c1-4-5-9-15-12(2)13(3)19(20)17-11-14-8-6-7-10-16(14)18(15)17/h6-8,10H,4-5,9,11H2,1-3H3. The van der Waals surface area contributed by atoms with Crippen molar-refractivity contribution >= 4 is 11.6 Å². The van der Waals surface area contributed by atoms with E-state index in [1.54, 1.807) is 0 Å². The molecule has 0 saturated heterocycles. The Balaban J connectivity index is 2.27. The number of rotatable bonds is 3. The lowest BCUT2D eigenvalue weighted by molar-refractivity contribution is 0.791. The number of benzene rings is 2. The van der Waals surface area contributed by atoms with Crippen LogP contribution in [0.4, 0.5) is 0 Å². The highest BCUT2D eigenvalue weighted by Gasteiger charge is 2.26. The van der Waals surface area contributed by atoms with Crippen molar-refractivity contribution in [2.24, 2.45) is 0 Å². The van der Waals surface area contributed by atoms with Crippen LogP contribution in [0.3, 0.4) is 0 Å². The highest BCUT2D eigenvalue weighted by atomic mass is 35.5. The largest absolute Gasteiger partial charge is 0.0837 e. The van der Waals surface area contributed by atoms with Crippen LogP contribution in [-0.2, 0) is 12.8 Å². The van der Waals surface area contributed by atoms with Gasteiger partial charge in [-0.2, -0.15) is 0 Å². The van der Waals surface area contributed by atoms with Gasteiger partial charge in [0.1, 0.15) is 0 Å². The van der Waals surface area contributed by atoms with E-state index in [4.69, 9.17) is 11.6 Å². The maximum Gasteiger partial charge on any atom is 0.0479 e. The van der Waals surface area contributed by atoms with E-state index < -0.39 is 0 Å². The lowest BCUT2D eigenvalue weighted by atomic mass is 9.89. The van der Waals surface area contributed by atoms with Gasteiger partial charge in [0.25, 0.3) is 0 Å². The molecule has 0 nitrogen and oxygen atoms in total. The normalized spacial score (nSPS) is 12.4. The Morgan fingerprint density at radius 3 is 2.60 bits per heavy atom. The fourth-order valence-electron chi connectivity index (χ4n) is 3.36. The van der Waals surface area contributed by atoms with E-state index in [0.29, 0.717) is 0 Å². The topological polar surface area (TPSA) is 0 Å². The molecule has 0 spiro atoms. The fraction of sp³-hybridized carbons (Fsp3) is 0.368. The molecule has 1 heteroatoms. The first-order chi connectivity index (χ1) is 9.65. The molecule has 20 heavy (non-hydrogen) atoms. The summed E-state index contributed by atoms with van der Waals surface area (Å²) in [5.41, 5.74) is 9.78. The van der Waals surface area contributed by atoms with Gasteiger partial charge >= 0.3 is 0 Å². The van der Waals surface area contributed by atoms with Crippen LogP contribution in [0.25, 0.3) is 11.1 Å². The molecule has 0 atom stereocenters. The van der Waals surface area contributed by atoms with Gasteiger partial charge in [0.05, 0.1) is 0 Å². The molecule has 0 fully saturated rings.